The maximum atomic E-state index is 5.93. The molecule has 0 atom stereocenters. The summed E-state index contributed by atoms with van der Waals surface area (Å²) in [6.07, 6.45) is 0.984. The average Bonchev–Trinajstić information content (AvgIpc) is 2.87. The monoisotopic (exact) mass is 325 g/mol. The van der Waals surface area contributed by atoms with Gasteiger partial charge in [0.1, 0.15) is 11.4 Å². The molecule has 0 aromatic heterocycles. The van der Waals surface area contributed by atoms with Crippen molar-refractivity contribution in [2.45, 2.75) is 52.5 Å². The van der Waals surface area contributed by atoms with E-state index in [1.54, 1.807) is 0 Å². The predicted octanol–water partition coefficient (Wildman–Crippen LogP) is 4.23. The standard InChI is InChI=1S/C21H27NO2/c1-4-23-15-17-7-5-16(6-8-17)13-22-14-18-9-10-20-19(11-18)12-21(2,3)24-20/h5-11,22H,4,12-15H2,1-3H3. The summed E-state index contributed by atoms with van der Waals surface area (Å²) in [7, 11) is 0. The van der Waals surface area contributed by atoms with Crippen LogP contribution >= 0.6 is 0 Å². The van der Waals surface area contributed by atoms with Crippen LogP contribution in [0, 0.1) is 0 Å². The molecule has 0 radical (unpaired) electrons. The van der Waals surface area contributed by atoms with E-state index >= 15 is 0 Å². The first kappa shape index (κ1) is 17.0. The molecule has 0 fully saturated rings. The summed E-state index contributed by atoms with van der Waals surface area (Å²) in [4.78, 5) is 0. The summed E-state index contributed by atoms with van der Waals surface area (Å²) in [5.41, 5.74) is 5.07. The zero-order chi connectivity index (χ0) is 17.0. The highest BCUT2D eigenvalue weighted by molar-refractivity contribution is 5.41. The van der Waals surface area contributed by atoms with Gasteiger partial charge >= 0.3 is 0 Å². The van der Waals surface area contributed by atoms with Crippen LogP contribution in [0.25, 0.3) is 0 Å². The van der Waals surface area contributed by atoms with Gasteiger partial charge in [-0.25, -0.2) is 0 Å². The summed E-state index contributed by atoms with van der Waals surface area (Å²) < 4.78 is 11.4. The molecule has 24 heavy (non-hydrogen) atoms. The highest BCUT2D eigenvalue weighted by Gasteiger charge is 2.29. The molecule has 2 aromatic rings. The predicted molar refractivity (Wildman–Crippen MR) is 97.2 cm³/mol. The Bertz CT molecular complexity index is 677. The van der Waals surface area contributed by atoms with Crippen molar-refractivity contribution in [2.75, 3.05) is 6.61 Å². The molecule has 0 spiro atoms. The lowest BCUT2D eigenvalue weighted by Gasteiger charge is -2.16. The molecule has 1 aliphatic heterocycles. The molecule has 1 aliphatic rings. The van der Waals surface area contributed by atoms with Gasteiger partial charge in [0.2, 0.25) is 0 Å². The van der Waals surface area contributed by atoms with Gasteiger partial charge in [-0.1, -0.05) is 36.4 Å². The van der Waals surface area contributed by atoms with Crippen molar-refractivity contribution in [3.8, 4) is 5.75 Å². The minimum atomic E-state index is -0.0718. The Balaban J connectivity index is 1.50. The van der Waals surface area contributed by atoms with Gasteiger partial charge < -0.3 is 14.8 Å². The molecular formula is C21H27NO2. The Morgan fingerprint density at radius 3 is 2.42 bits per heavy atom. The first-order valence-corrected chi connectivity index (χ1v) is 8.73. The minimum Gasteiger partial charge on any atom is -0.487 e. The summed E-state index contributed by atoms with van der Waals surface area (Å²) in [6, 6.07) is 15.1. The van der Waals surface area contributed by atoms with Crippen molar-refractivity contribution in [1.29, 1.82) is 0 Å². The van der Waals surface area contributed by atoms with Crippen molar-refractivity contribution in [2.24, 2.45) is 0 Å². The smallest absolute Gasteiger partial charge is 0.123 e. The molecule has 0 saturated carbocycles. The zero-order valence-corrected chi connectivity index (χ0v) is 14.9. The average molecular weight is 325 g/mol. The van der Waals surface area contributed by atoms with Crippen LogP contribution in [-0.2, 0) is 30.9 Å². The fourth-order valence-electron chi connectivity index (χ4n) is 3.10. The van der Waals surface area contributed by atoms with Gasteiger partial charge in [-0.05, 0) is 49.1 Å². The van der Waals surface area contributed by atoms with Gasteiger partial charge in [0.25, 0.3) is 0 Å². The molecule has 0 saturated heterocycles. The van der Waals surface area contributed by atoms with Gasteiger partial charge in [-0.3, -0.25) is 0 Å². The second-order valence-electron chi connectivity index (χ2n) is 7.04. The molecule has 1 heterocycles. The van der Waals surface area contributed by atoms with Crippen LogP contribution in [0.5, 0.6) is 5.75 Å². The molecule has 2 aromatic carbocycles. The number of hydrogen-bond acceptors (Lipinski definition) is 3. The van der Waals surface area contributed by atoms with Crippen molar-refractivity contribution >= 4 is 0 Å². The van der Waals surface area contributed by atoms with Crippen LogP contribution in [0.4, 0.5) is 0 Å². The van der Waals surface area contributed by atoms with Crippen LogP contribution in [-0.4, -0.2) is 12.2 Å². The Morgan fingerprint density at radius 2 is 1.67 bits per heavy atom. The van der Waals surface area contributed by atoms with Gasteiger partial charge in [0.05, 0.1) is 6.61 Å². The molecule has 1 N–H and O–H groups in total. The number of ether oxygens (including phenoxy) is 2. The third-order valence-corrected chi connectivity index (χ3v) is 4.28. The second kappa shape index (κ2) is 7.37. The maximum absolute atomic E-state index is 5.93. The van der Waals surface area contributed by atoms with Crippen molar-refractivity contribution < 1.29 is 9.47 Å². The molecule has 3 rings (SSSR count). The van der Waals surface area contributed by atoms with E-state index in [0.717, 1.165) is 31.9 Å². The van der Waals surface area contributed by atoms with Crippen LogP contribution in [0.3, 0.4) is 0 Å². The Kier molecular flexibility index (Phi) is 5.22. The molecule has 128 valence electrons. The van der Waals surface area contributed by atoms with Gasteiger partial charge in [0, 0.05) is 26.1 Å². The molecule has 0 amide bonds. The maximum Gasteiger partial charge on any atom is 0.123 e. The zero-order valence-electron chi connectivity index (χ0n) is 14.9. The van der Waals surface area contributed by atoms with Crippen LogP contribution in [0.2, 0.25) is 0 Å². The van der Waals surface area contributed by atoms with Gasteiger partial charge in [-0.15, -0.1) is 0 Å². The van der Waals surface area contributed by atoms with E-state index in [0.29, 0.717) is 6.61 Å². The molecule has 3 nitrogen and oxygen atoms in total. The molecule has 0 unspecified atom stereocenters. The number of fused-ring (bicyclic) bond motifs is 1. The van der Waals surface area contributed by atoms with Gasteiger partial charge in [0.15, 0.2) is 0 Å². The lowest BCUT2D eigenvalue weighted by atomic mass is 10.0. The fraction of sp³-hybridized carbons (Fsp3) is 0.429. The number of nitrogens with one attached hydrogen (secondary N) is 1. The van der Waals surface area contributed by atoms with E-state index in [2.05, 4.69) is 61.6 Å². The van der Waals surface area contributed by atoms with Gasteiger partial charge in [-0.2, -0.15) is 0 Å². The van der Waals surface area contributed by atoms with Crippen molar-refractivity contribution in [3.63, 3.8) is 0 Å². The highest BCUT2D eigenvalue weighted by atomic mass is 16.5. The third-order valence-electron chi connectivity index (χ3n) is 4.28. The number of rotatable bonds is 7. The number of benzene rings is 2. The molecule has 0 aliphatic carbocycles. The summed E-state index contributed by atoms with van der Waals surface area (Å²) in [5, 5.41) is 3.52. The highest BCUT2D eigenvalue weighted by Crippen LogP contribution is 2.35. The van der Waals surface area contributed by atoms with Crippen molar-refractivity contribution in [3.05, 3.63) is 64.7 Å². The lowest BCUT2D eigenvalue weighted by molar-refractivity contribution is 0.134. The van der Waals surface area contributed by atoms with Crippen molar-refractivity contribution in [1.82, 2.24) is 5.32 Å². The van der Waals surface area contributed by atoms with Crippen LogP contribution in [0.1, 0.15) is 43.0 Å². The van der Waals surface area contributed by atoms with E-state index in [1.165, 1.54) is 22.3 Å². The molecule has 3 heteroatoms. The van der Waals surface area contributed by atoms with E-state index in [4.69, 9.17) is 9.47 Å². The summed E-state index contributed by atoms with van der Waals surface area (Å²) in [6.45, 7) is 9.48. The Labute approximate surface area is 145 Å². The second-order valence-corrected chi connectivity index (χ2v) is 7.04. The third kappa shape index (κ3) is 4.37. The van der Waals surface area contributed by atoms with E-state index in [1.807, 2.05) is 6.92 Å². The quantitative estimate of drug-likeness (QED) is 0.826. The Hall–Kier alpha value is -1.84. The SMILES string of the molecule is CCOCc1ccc(CNCc2ccc3c(c2)CC(C)(C)O3)cc1. The van der Waals surface area contributed by atoms with E-state index in [9.17, 15) is 0 Å². The lowest BCUT2D eigenvalue weighted by Crippen LogP contribution is -2.24. The molecule has 0 bridgehead atoms. The van der Waals surface area contributed by atoms with Crippen LogP contribution < -0.4 is 10.1 Å². The largest absolute Gasteiger partial charge is 0.487 e. The normalized spacial score (nSPS) is 15.1. The summed E-state index contributed by atoms with van der Waals surface area (Å²) in [5.74, 6) is 1.04. The minimum absolute atomic E-state index is 0.0718. The summed E-state index contributed by atoms with van der Waals surface area (Å²) >= 11 is 0. The topological polar surface area (TPSA) is 30.5 Å². The van der Waals surface area contributed by atoms with E-state index in [-0.39, 0.29) is 5.60 Å². The molecular weight excluding hydrogens is 298 g/mol. The fourth-order valence-corrected chi connectivity index (χ4v) is 3.10. The first-order chi connectivity index (χ1) is 11.6. The number of hydrogen-bond donors (Lipinski definition) is 1. The first-order valence-electron chi connectivity index (χ1n) is 8.73. The van der Waals surface area contributed by atoms with E-state index < -0.39 is 0 Å². The Morgan fingerprint density at radius 1 is 1.00 bits per heavy atom. The van der Waals surface area contributed by atoms with Crippen LogP contribution in [0.15, 0.2) is 42.5 Å².